The highest BCUT2D eigenvalue weighted by molar-refractivity contribution is 5.87. The van der Waals surface area contributed by atoms with Gasteiger partial charge in [0.15, 0.2) is 0 Å². The summed E-state index contributed by atoms with van der Waals surface area (Å²) >= 11 is 0. The number of anilines is 3. The first-order chi connectivity index (χ1) is 22.7. The Kier molecular flexibility index (Phi) is 10.2. The lowest BCUT2D eigenvalue weighted by Gasteiger charge is -2.34. The summed E-state index contributed by atoms with van der Waals surface area (Å²) in [7, 11) is 0. The molecule has 1 aliphatic carbocycles. The lowest BCUT2D eigenvalue weighted by atomic mass is 9.70. The Morgan fingerprint density at radius 1 is 0.522 bits per heavy atom. The van der Waals surface area contributed by atoms with E-state index in [-0.39, 0.29) is 5.41 Å². The van der Waals surface area contributed by atoms with Crippen molar-refractivity contribution in [2.24, 2.45) is 0 Å². The second kappa shape index (κ2) is 14.8. The molecule has 1 aliphatic rings. The Labute approximate surface area is 277 Å². The Morgan fingerprint density at radius 2 is 1.04 bits per heavy atom. The summed E-state index contributed by atoms with van der Waals surface area (Å²) in [5, 5.41) is 0. The van der Waals surface area contributed by atoms with Crippen LogP contribution in [-0.4, -0.2) is 0 Å². The van der Waals surface area contributed by atoms with Gasteiger partial charge in [0.05, 0.1) is 0 Å². The van der Waals surface area contributed by atoms with E-state index in [2.05, 4.69) is 147 Å². The van der Waals surface area contributed by atoms with Gasteiger partial charge in [-0.25, -0.2) is 0 Å². The molecule has 234 valence electrons. The van der Waals surface area contributed by atoms with Gasteiger partial charge in [0.2, 0.25) is 0 Å². The van der Waals surface area contributed by atoms with Gasteiger partial charge in [-0.2, -0.15) is 0 Å². The molecule has 0 spiro atoms. The highest BCUT2D eigenvalue weighted by Crippen LogP contribution is 2.56. The molecule has 0 fully saturated rings. The fourth-order valence-corrected chi connectivity index (χ4v) is 7.59. The maximum Gasteiger partial charge on any atom is 0.0465 e. The van der Waals surface area contributed by atoms with E-state index in [9.17, 15) is 0 Å². The van der Waals surface area contributed by atoms with Gasteiger partial charge in [-0.1, -0.05) is 157 Å². The SMILES string of the molecule is C=Cc1ccc(-c2ccc3c(c2)C(CCCCCC)(CCCCCC)c2cc(N(c4ccccc4)c4ccccc4)ccc2-3)cc1. The molecule has 46 heavy (non-hydrogen) atoms. The van der Waals surface area contributed by atoms with Crippen LogP contribution in [0.5, 0.6) is 0 Å². The fourth-order valence-electron chi connectivity index (χ4n) is 7.59. The Bertz CT molecular complexity index is 1660. The van der Waals surface area contributed by atoms with E-state index in [1.807, 2.05) is 6.08 Å². The molecule has 0 heterocycles. The lowest BCUT2D eigenvalue weighted by molar-refractivity contribution is 0.401. The van der Waals surface area contributed by atoms with Gasteiger partial charge in [0, 0.05) is 22.5 Å². The third kappa shape index (κ3) is 6.47. The van der Waals surface area contributed by atoms with Crippen LogP contribution in [0.3, 0.4) is 0 Å². The average molecular weight is 604 g/mol. The zero-order valence-corrected chi connectivity index (χ0v) is 27.8. The third-order valence-electron chi connectivity index (χ3n) is 10.0. The fraction of sp³-hybridized carbons (Fsp3) is 0.289. The predicted molar refractivity (Wildman–Crippen MR) is 200 cm³/mol. The van der Waals surface area contributed by atoms with E-state index < -0.39 is 0 Å². The molecule has 0 radical (unpaired) electrons. The maximum absolute atomic E-state index is 3.96. The summed E-state index contributed by atoms with van der Waals surface area (Å²) in [5.41, 5.74) is 13.2. The molecule has 1 heteroatoms. The number of fused-ring (bicyclic) bond motifs is 3. The Hall–Kier alpha value is -4.36. The summed E-state index contributed by atoms with van der Waals surface area (Å²) in [5.74, 6) is 0. The highest BCUT2D eigenvalue weighted by Gasteiger charge is 2.43. The van der Waals surface area contributed by atoms with Crippen molar-refractivity contribution >= 4 is 23.1 Å². The number of para-hydroxylation sites is 2. The zero-order chi connectivity index (χ0) is 31.8. The molecule has 0 bridgehead atoms. The highest BCUT2D eigenvalue weighted by atomic mass is 15.1. The Morgan fingerprint density at radius 3 is 1.59 bits per heavy atom. The minimum absolute atomic E-state index is 0.00171. The van der Waals surface area contributed by atoms with Crippen LogP contribution < -0.4 is 4.90 Å². The van der Waals surface area contributed by atoms with Gasteiger partial charge in [0.1, 0.15) is 0 Å². The molecule has 1 nitrogen and oxygen atoms in total. The summed E-state index contributed by atoms with van der Waals surface area (Å²) in [4.78, 5) is 2.43. The normalized spacial score (nSPS) is 12.8. The molecule has 0 amide bonds. The van der Waals surface area contributed by atoms with Crippen LogP contribution >= 0.6 is 0 Å². The van der Waals surface area contributed by atoms with Gasteiger partial charge in [-0.15, -0.1) is 0 Å². The summed E-state index contributed by atoms with van der Waals surface area (Å²) in [6.07, 6.45) is 14.5. The molecule has 5 aromatic rings. The molecule has 0 saturated heterocycles. The zero-order valence-electron chi connectivity index (χ0n) is 27.8. The summed E-state index contributed by atoms with van der Waals surface area (Å²) in [6, 6.07) is 45.1. The summed E-state index contributed by atoms with van der Waals surface area (Å²) in [6.45, 7) is 8.60. The van der Waals surface area contributed by atoms with Gasteiger partial charge in [-0.05, 0) is 94.3 Å². The van der Waals surface area contributed by atoms with Crippen molar-refractivity contribution in [3.05, 3.63) is 145 Å². The van der Waals surface area contributed by atoms with Crippen molar-refractivity contribution in [2.45, 2.75) is 83.5 Å². The van der Waals surface area contributed by atoms with Crippen molar-refractivity contribution in [2.75, 3.05) is 4.90 Å². The van der Waals surface area contributed by atoms with Crippen LogP contribution in [0.25, 0.3) is 28.3 Å². The second-order valence-electron chi connectivity index (χ2n) is 13.0. The topological polar surface area (TPSA) is 3.24 Å². The largest absolute Gasteiger partial charge is 0.310 e. The van der Waals surface area contributed by atoms with E-state index in [1.54, 1.807) is 0 Å². The third-order valence-corrected chi connectivity index (χ3v) is 10.0. The monoisotopic (exact) mass is 603 g/mol. The Balaban J connectivity index is 1.51. The molecule has 0 aliphatic heterocycles. The van der Waals surface area contributed by atoms with Crippen molar-refractivity contribution in [3.63, 3.8) is 0 Å². The number of hydrogen-bond donors (Lipinski definition) is 0. The molecule has 0 N–H and O–H groups in total. The lowest BCUT2D eigenvalue weighted by Crippen LogP contribution is -2.26. The first kappa shape index (κ1) is 31.6. The number of benzene rings is 5. The van der Waals surface area contributed by atoms with Crippen LogP contribution in [0.1, 0.15) is 94.7 Å². The first-order valence-corrected chi connectivity index (χ1v) is 17.6. The minimum atomic E-state index is -0.00171. The van der Waals surface area contributed by atoms with Crippen molar-refractivity contribution in [1.29, 1.82) is 0 Å². The molecular weight excluding hydrogens is 555 g/mol. The average Bonchev–Trinajstić information content (AvgIpc) is 3.38. The first-order valence-electron chi connectivity index (χ1n) is 17.6. The van der Waals surface area contributed by atoms with E-state index >= 15 is 0 Å². The van der Waals surface area contributed by atoms with E-state index in [0.29, 0.717) is 0 Å². The predicted octanol–water partition coefficient (Wildman–Crippen LogP) is 13.7. The number of unbranched alkanes of at least 4 members (excludes halogenated alkanes) is 6. The molecule has 6 rings (SSSR count). The molecule has 0 aromatic heterocycles. The van der Waals surface area contributed by atoms with Gasteiger partial charge >= 0.3 is 0 Å². The van der Waals surface area contributed by atoms with E-state index in [4.69, 9.17) is 0 Å². The molecule has 0 atom stereocenters. The van der Waals surface area contributed by atoms with Crippen LogP contribution in [0.15, 0.2) is 128 Å². The molecule has 5 aromatic carbocycles. The minimum Gasteiger partial charge on any atom is -0.310 e. The van der Waals surface area contributed by atoms with Gasteiger partial charge in [-0.3, -0.25) is 0 Å². The summed E-state index contributed by atoms with van der Waals surface area (Å²) < 4.78 is 0. The van der Waals surface area contributed by atoms with Crippen molar-refractivity contribution in [1.82, 2.24) is 0 Å². The number of rotatable bonds is 15. The second-order valence-corrected chi connectivity index (χ2v) is 13.0. The standard InChI is InChI=1S/C45H49N/c1-4-7-9-17-31-45(32-18-10-8-5-2)43-33-37(36-25-23-35(6-3)24-26-36)27-29-41(43)42-30-28-40(34-44(42)45)46(38-19-13-11-14-20-38)39-21-15-12-16-22-39/h6,11-16,19-30,33-34H,3-5,7-10,17-18,31-32H2,1-2H3. The smallest absolute Gasteiger partial charge is 0.0465 e. The van der Waals surface area contributed by atoms with Crippen LogP contribution in [-0.2, 0) is 5.41 Å². The maximum atomic E-state index is 3.96. The van der Waals surface area contributed by atoms with Gasteiger partial charge in [0.25, 0.3) is 0 Å². The van der Waals surface area contributed by atoms with Crippen molar-refractivity contribution < 1.29 is 0 Å². The molecular formula is C45H49N. The number of hydrogen-bond acceptors (Lipinski definition) is 1. The van der Waals surface area contributed by atoms with Gasteiger partial charge < -0.3 is 4.90 Å². The van der Waals surface area contributed by atoms with E-state index in [0.717, 1.165) is 5.56 Å². The molecule has 0 saturated carbocycles. The molecule has 0 unspecified atom stereocenters. The van der Waals surface area contributed by atoms with Crippen LogP contribution in [0, 0.1) is 0 Å². The quantitative estimate of drug-likeness (QED) is 0.108. The van der Waals surface area contributed by atoms with Crippen LogP contribution in [0.4, 0.5) is 17.1 Å². The van der Waals surface area contributed by atoms with E-state index in [1.165, 1.54) is 115 Å². The van der Waals surface area contributed by atoms with Crippen molar-refractivity contribution in [3.8, 4) is 22.3 Å². The van der Waals surface area contributed by atoms with Crippen LogP contribution in [0.2, 0.25) is 0 Å². The number of nitrogens with zero attached hydrogens (tertiary/aromatic N) is 1.